The van der Waals surface area contributed by atoms with Gasteiger partial charge in [0, 0.05) is 20.7 Å². The van der Waals surface area contributed by atoms with E-state index in [1.165, 1.54) is 0 Å². The summed E-state index contributed by atoms with van der Waals surface area (Å²) in [5.41, 5.74) is 0. The molecule has 0 bridgehead atoms. The fraction of sp³-hybridized carbons (Fsp3) is 0.750. The van der Waals surface area contributed by atoms with Gasteiger partial charge >= 0.3 is 6.01 Å². The summed E-state index contributed by atoms with van der Waals surface area (Å²) in [5.74, 6) is 0.911. The van der Waals surface area contributed by atoms with E-state index in [1.807, 2.05) is 13.8 Å². The van der Waals surface area contributed by atoms with Crippen LogP contribution >= 0.6 is 0 Å². The summed E-state index contributed by atoms with van der Waals surface area (Å²) in [7, 11) is 3.38. The Hall–Kier alpha value is -1.67. The first kappa shape index (κ1) is 16.4. The fourth-order valence-corrected chi connectivity index (χ4v) is 1.29. The van der Waals surface area contributed by atoms with E-state index in [9.17, 15) is 0 Å². The number of hydrogen-bond donors (Lipinski definition) is 2. The van der Waals surface area contributed by atoms with Crippen molar-refractivity contribution in [2.24, 2.45) is 0 Å². The summed E-state index contributed by atoms with van der Waals surface area (Å²) in [5, 5.41) is 5.93. The number of rotatable bonds is 10. The monoisotopic (exact) mass is 285 g/mol. The molecule has 0 aliphatic heterocycles. The number of methoxy groups -OCH3 is 1. The minimum Gasteiger partial charge on any atom is -0.461 e. The van der Waals surface area contributed by atoms with Gasteiger partial charge in [0.05, 0.1) is 25.9 Å². The molecule has 1 aromatic rings. The fourth-order valence-electron chi connectivity index (χ4n) is 1.29. The first-order chi connectivity index (χ1) is 9.65. The average molecular weight is 285 g/mol. The molecule has 1 rings (SSSR count). The van der Waals surface area contributed by atoms with Crippen molar-refractivity contribution in [1.29, 1.82) is 0 Å². The zero-order chi connectivity index (χ0) is 14.8. The topological polar surface area (TPSA) is 90.4 Å². The molecule has 20 heavy (non-hydrogen) atoms. The highest BCUT2D eigenvalue weighted by molar-refractivity contribution is 5.35. The van der Waals surface area contributed by atoms with E-state index < -0.39 is 0 Å². The zero-order valence-electron chi connectivity index (χ0n) is 12.5. The van der Waals surface area contributed by atoms with E-state index in [0.29, 0.717) is 44.3 Å². The molecule has 114 valence electrons. The minimum atomic E-state index is 0.00679. The summed E-state index contributed by atoms with van der Waals surface area (Å²) >= 11 is 0. The summed E-state index contributed by atoms with van der Waals surface area (Å²) in [6.07, 6.45) is 0.00679. The Bertz CT molecular complexity index is 389. The largest absolute Gasteiger partial charge is 0.461 e. The second-order valence-corrected chi connectivity index (χ2v) is 4.21. The highest BCUT2D eigenvalue weighted by Gasteiger charge is 2.07. The lowest BCUT2D eigenvalue weighted by molar-refractivity contribution is 0.0758. The Morgan fingerprint density at radius 3 is 2.45 bits per heavy atom. The van der Waals surface area contributed by atoms with Gasteiger partial charge in [-0.3, -0.25) is 0 Å². The Labute approximate surface area is 119 Å². The van der Waals surface area contributed by atoms with E-state index in [4.69, 9.17) is 14.2 Å². The highest BCUT2D eigenvalue weighted by atomic mass is 16.5. The second kappa shape index (κ2) is 9.27. The first-order valence-electron chi connectivity index (χ1n) is 6.56. The van der Waals surface area contributed by atoms with Crippen LogP contribution in [0.3, 0.4) is 0 Å². The second-order valence-electron chi connectivity index (χ2n) is 4.21. The van der Waals surface area contributed by atoms with E-state index >= 15 is 0 Å². The molecule has 0 spiro atoms. The van der Waals surface area contributed by atoms with Crippen molar-refractivity contribution in [2.45, 2.75) is 20.0 Å². The number of aromatic nitrogens is 3. The molecule has 1 aromatic heterocycles. The lowest BCUT2D eigenvalue weighted by Crippen LogP contribution is -2.16. The van der Waals surface area contributed by atoms with Crippen LogP contribution in [-0.4, -0.2) is 61.6 Å². The lowest BCUT2D eigenvalue weighted by Gasteiger charge is -2.11. The van der Waals surface area contributed by atoms with E-state index in [1.54, 1.807) is 14.2 Å². The molecule has 0 aliphatic carbocycles. The maximum atomic E-state index is 5.47. The molecule has 0 saturated carbocycles. The Morgan fingerprint density at radius 2 is 1.80 bits per heavy atom. The molecular weight excluding hydrogens is 262 g/mol. The predicted octanol–water partition coefficient (Wildman–Crippen LogP) is 0.775. The van der Waals surface area contributed by atoms with Crippen LogP contribution in [0.2, 0.25) is 0 Å². The van der Waals surface area contributed by atoms with Gasteiger partial charge in [0.2, 0.25) is 11.9 Å². The van der Waals surface area contributed by atoms with Gasteiger partial charge in [0.1, 0.15) is 0 Å². The third-order valence-corrected chi connectivity index (χ3v) is 2.14. The molecule has 2 N–H and O–H groups in total. The molecule has 0 saturated heterocycles. The van der Waals surface area contributed by atoms with Crippen LogP contribution in [0.15, 0.2) is 0 Å². The van der Waals surface area contributed by atoms with Gasteiger partial charge in [-0.25, -0.2) is 0 Å². The molecule has 0 fully saturated rings. The molecule has 0 amide bonds. The van der Waals surface area contributed by atoms with Crippen LogP contribution in [0.5, 0.6) is 6.01 Å². The number of nitrogens with zero attached hydrogens (tertiary/aromatic N) is 3. The van der Waals surface area contributed by atoms with Gasteiger partial charge in [-0.2, -0.15) is 15.0 Å². The molecular formula is C12H23N5O3. The molecule has 0 aliphatic rings. The van der Waals surface area contributed by atoms with Crippen molar-refractivity contribution >= 4 is 11.9 Å². The molecule has 0 unspecified atom stereocenters. The highest BCUT2D eigenvalue weighted by Crippen LogP contribution is 2.11. The summed E-state index contributed by atoms with van der Waals surface area (Å²) in [6, 6.07) is 0.294. The summed E-state index contributed by atoms with van der Waals surface area (Å²) < 4.78 is 15.7. The lowest BCUT2D eigenvalue weighted by atomic mass is 10.5. The van der Waals surface area contributed by atoms with E-state index in [2.05, 4.69) is 25.6 Å². The van der Waals surface area contributed by atoms with Crippen LogP contribution in [0.4, 0.5) is 11.9 Å². The van der Waals surface area contributed by atoms with Crippen LogP contribution in [0.25, 0.3) is 0 Å². The Morgan fingerprint density at radius 1 is 1.05 bits per heavy atom. The smallest absolute Gasteiger partial charge is 0.323 e. The third kappa shape index (κ3) is 6.48. The maximum Gasteiger partial charge on any atom is 0.323 e. The molecule has 8 heteroatoms. The molecule has 0 aromatic carbocycles. The minimum absolute atomic E-state index is 0.00679. The number of anilines is 2. The molecule has 8 nitrogen and oxygen atoms in total. The van der Waals surface area contributed by atoms with E-state index in [-0.39, 0.29) is 6.10 Å². The number of ether oxygens (including phenoxy) is 3. The summed E-state index contributed by atoms with van der Waals surface area (Å²) in [6.45, 7) is 6.13. The van der Waals surface area contributed by atoms with Gasteiger partial charge in [-0.05, 0) is 13.8 Å². The SMILES string of the molecule is CNc1nc(NCCOCCOC)nc(OC(C)C)n1. The van der Waals surface area contributed by atoms with Crippen molar-refractivity contribution < 1.29 is 14.2 Å². The van der Waals surface area contributed by atoms with Crippen molar-refractivity contribution in [2.75, 3.05) is 51.2 Å². The van der Waals surface area contributed by atoms with Crippen molar-refractivity contribution in [3.63, 3.8) is 0 Å². The quantitative estimate of drug-likeness (QED) is 0.609. The van der Waals surface area contributed by atoms with Crippen molar-refractivity contribution in [3.05, 3.63) is 0 Å². The van der Waals surface area contributed by atoms with Gasteiger partial charge in [0.25, 0.3) is 0 Å². The van der Waals surface area contributed by atoms with Crippen molar-refractivity contribution in [3.8, 4) is 6.01 Å². The Kier molecular flexibility index (Phi) is 7.59. The van der Waals surface area contributed by atoms with E-state index in [0.717, 1.165) is 0 Å². The van der Waals surface area contributed by atoms with Crippen LogP contribution < -0.4 is 15.4 Å². The van der Waals surface area contributed by atoms with Crippen LogP contribution in [-0.2, 0) is 9.47 Å². The number of hydrogen-bond acceptors (Lipinski definition) is 8. The van der Waals surface area contributed by atoms with Gasteiger partial charge in [-0.1, -0.05) is 0 Å². The van der Waals surface area contributed by atoms with Gasteiger partial charge in [0.15, 0.2) is 0 Å². The van der Waals surface area contributed by atoms with Gasteiger partial charge < -0.3 is 24.8 Å². The number of nitrogens with one attached hydrogen (secondary N) is 2. The Balaban J connectivity index is 2.47. The average Bonchev–Trinajstić information content (AvgIpc) is 2.41. The molecule has 0 radical (unpaired) electrons. The standard InChI is InChI=1S/C12H23N5O3/c1-9(2)20-12-16-10(13-3)15-11(17-12)14-5-6-19-8-7-18-4/h9H,5-8H2,1-4H3,(H2,13,14,15,16,17). The van der Waals surface area contributed by atoms with Crippen molar-refractivity contribution in [1.82, 2.24) is 15.0 Å². The molecule has 1 heterocycles. The normalized spacial score (nSPS) is 10.7. The van der Waals surface area contributed by atoms with Gasteiger partial charge in [-0.15, -0.1) is 0 Å². The van der Waals surface area contributed by atoms with Crippen LogP contribution in [0, 0.1) is 0 Å². The molecule has 0 atom stereocenters. The third-order valence-electron chi connectivity index (χ3n) is 2.14. The first-order valence-corrected chi connectivity index (χ1v) is 6.56. The predicted molar refractivity (Wildman–Crippen MR) is 76.3 cm³/mol. The van der Waals surface area contributed by atoms with Crippen LogP contribution in [0.1, 0.15) is 13.8 Å². The maximum absolute atomic E-state index is 5.47. The zero-order valence-corrected chi connectivity index (χ0v) is 12.5. The summed E-state index contributed by atoms with van der Waals surface area (Å²) in [4.78, 5) is 12.5.